The molecular weight excluding hydrogens is 295 g/mol. The van der Waals surface area contributed by atoms with Crippen LogP contribution in [0.2, 0.25) is 0 Å². The van der Waals surface area contributed by atoms with Gasteiger partial charge in [-0.2, -0.15) is 0 Å². The number of rotatable bonds is 2. The molecule has 2 aromatic rings. The van der Waals surface area contributed by atoms with Crippen LogP contribution >= 0.6 is 27.7 Å². The van der Waals surface area contributed by atoms with Gasteiger partial charge >= 0.3 is 0 Å². The molecule has 0 aliphatic rings. The Morgan fingerprint density at radius 3 is 2.88 bits per heavy atom. The van der Waals surface area contributed by atoms with Crippen molar-refractivity contribution in [1.29, 1.82) is 0 Å². The smallest absolute Gasteiger partial charge is 0.194 e. The molecule has 84 valence electrons. The highest BCUT2D eigenvalue weighted by molar-refractivity contribution is 9.10. The Morgan fingerprint density at radius 1 is 1.44 bits per heavy atom. The number of halogens is 2. The minimum Gasteiger partial charge on any atom is -0.448 e. The summed E-state index contributed by atoms with van der Waals surface area (Å²) in [5, 5.41) is 0.805. The average molecular weight is 303 g/mol. The van der Waals surface area contributed by atoms with E-state index in [1.54, 1.807) is 0 Å². The van der Waals surface area contributed by atoms with Crippen LogP contribution in [-0.2, 0) is 0 Å². The van der Waals surface area contributed by atoms with E-state index in [0.717, 1.165) is 5.75 Å². The van der Waals surface area contributed by atoms with Crippen molar-refractivity contribution in [3.05, 3.63) is 38.7 Å². The van der Waals surface area contributed by atoms with Crippen LogP contribution in [0.3, 0.4) is 0 Å². The predicted molar refractivity (Wildman–Crippen MR) is 66.5 cm³/mol. The molecule has 0 spiro atoms. The van der Waals surface area contributed by atoms with Gasteiger partial charge in [0.25, 0.3) is 0 Å². The molecule has 0 aliphatic carbocycles. The summed E-state index contributed by atoms with van der Waals surface area (Å²) in [7, 11) is 0. The lowest BCUT2D eigenvalue weighted by atomic mass is 10.2. The Bertz CT molecular complexity index is 594. The topological polar surface area (TPSA) is 30.2 Å². The SMILES string of the molecule is CCSc1cc(=O)c2cc(F)cc(Br)c2o1. The zero-order valence-electron chi connectivity index (χ0n) is 8.42. The molecule has 0 atom stereocenters. The first kappa shape index (κ1) is 11.7. The van der Waals surface area contributed by atoms with Gasteiger partial charge in [-0.1, -0.05) is 18.7 Å². The van der Waals surface area contributed by atoms with Crippen molar-refractivity contribution in [3.63, 3.8) is 0 Å². The molecule has 0 amide bonds. The Balaban J connectivity index is 2.77. The largest absolute Gasteiger partial charge is 0.448 e. The summed E-state index contributed by atoms with van der Waals surface area (Å²) in [5.41, 5.74) is 0.169. The summed E-state index contributed by atoms with van der Waals surface area (Å²) in [5.74, 6) is 0.357. The van der Waals surface area contributed by atoms with E-state index in [-0.39, 0.29) is 10.8 Å². The van der Waals surface area contributed by atoms with E-state index in [9.17, 15) is 9.18 Å². The Hall–Kier alpha value is -0.810. The molecule has 0 radical (unpaired) electrons. The molecule has 0 aliphatic heterocycles. The monoisotopic (exact) mass is 302 g/mol. The number of hydrogen-bond donors (Lipinski definition) is 0. The molecule has 0 bridgehead atoms. The molecule has 0 unspecified atom stereocenters. The van der Waals surface area contributed by atoms with E-state index >= 15 is 0 Å². The average Bonchev–Trinajstić information content (AvgIpc) is 2.20. The van der Waals surface area contributed by atoms with Crippen molar-refractivity contribution in [2.45, 2.75) is 12.0 Å². The van der Waals surface area contributed by atoms with Crippen LogP contribution in [0.15, 0.2) is 37.0 Å². The van der Waals surface area contributed by atoms with E-state index in [1.807, 2.05) is 6.92 Å². The standard InChI is InChI=1S/C11H8BrFO2S/c1-2-16-10-5-9(14)7-3-6(13)4-8(12)11(7)15-10/h3-5H,2H2,1H3. The Morgan fingerprint density at radius 2 is 2.19 bits per heavy atom. The van der Waals surface area contributed by atoms with Gasteiger partial charge in [0.05, 0.1) is 9.86 Å². The quantitative estimate of drug-likeness (QED) is 0.790. The van der Waals surface area contributed by atoms with Gasteiger partial charge in [-0.15, -0.1) is 0 Å². The Kier molecular flexibility index (Phi) is 3.35. The zero-order chi connectivity index (χ0) is 11.7. The maximum atomic E-state index is 13.1. The van der Waals surface area contributed by atoms with Crippen LogP contribution in [-0.4, -0.2) is 5.75 Å². The first-order valence-electron chi connectivity index (χ1n) is 4.67. The van der Waals surface area contributed by atoms with E-state index < -0.39 is 5.82 Å². The minimum absolute atomic E-state index is 0.225. The summed E-state index contributed by atoms with van der Waals surface area (Å²) < 4.78 is 19.1. The van der Waals surface area contributed by atoms with Crippen LogP contribution < -0.4 is 5.43 Å². The molecule has 1 aromatic heterocycles. The minimum atomic E-state index is -0.456. The highest BCUT2D eigenvalue weighted by atomic mass is 79.9. The van der Waals surface area contributed by atoms with Crippen LogP contribution in [0.4, 0.5) is 4.39 Å². The lowest BCUT2D eigenvalue weighted by Crippen LogP contribution is -2.01. The second-order valence-electron chi connectivity index (χ2n) is 3.13. The number of fused-ring (bicyclic) bond motifs is 1. The van der Waals surface area contributed by atoms with Gasteiger partial charge in [0.2, 0.25) is 0 Å². The third-order valence-corrected chi connectivity index (χ3v) is 3.38. The van der Waals surface area contributed by atoms with Gasteiger partial charge in [0.1, 0.15) is 5.82 Å². The lowest BCUT2D eigenvalue weighted by Gasteiger charge is -2.03. The summed E-state index contributed by atoms with van der Waals surface area (Å²) in [6, 6.07) is 3.86. The van der Waals surface area contributed by atoms with Crippen molar-refractivity contribution in [1.82, 2.24) is 0 Å². The van der Waals surface area contributed by atoms with Crippen LogP contribution in [0, 0.1) is 5.82 Å². The fourth-order valence-corrected chi connectivity index (χ4v) is 2.51. The molecule has 0 saturated heterocycles. The predicted octanol–water partition coefficient (Wildman–Crippen LogP) is 3.81. The van der Waals surface area contributed by atoms with Crippen LogP contribution in [0.1, 0.15) is 6.92 Å². The van der Waals surface area contributed by atoms with Crippen molar-refractivity contribution >= 4 is 38.7 Å². The molecular formula is C11H8BrFO2S. The number of hydrogen-bond acceptors (Lipinski definition) is 3. The molecule has 0 fully saturated rings. The molecule has 1 heterocycles. The van der Waals surface area contributed by atoms with Gasteiger partial charge in [-0.25, -0.2) is 4.39 Å². The second kappa shape index (κ2) is 4.59. The van der Waals surface area contributed by atoms with Crippen molar-refractivity contribution in [2.24, 2.45) is 0 Å². The van der Waals surface area contributed by atoms with Gasteiger partial charge in [0.15, 0.2) is 16.1 Å². The van der Waals surface area contributed by atoms with Crippen molar-refractivity contribution in [3.8, 4) is 0 Å². The summed E-state index contributed by atoms with van der Waals surface area (Å²) in [6.45, 7) is 1.97. The van der Waals surface area contributed by atoms with Crippen molar-refractivity contribution < 1.29 is 8.81 Å². The maximum absolute atomic E-state index is 13.1. The molecule has 0 saturated carbocycles. The molecule has 2 rings (SSSR count). The molecule has 2 nitrogen and oxygen atoms in total. The van der Waals surface area contributed by atoms with Gasteiger partial charge in [0, 0.05) is 6.07 Å². The van der Waals surface area contributed by atoms with Crippen LogP contribution in [0.5, 0.6) is 0 Å². The summed E-state index contributed by atoms with van der Waals surface area (Å²) >= 11 is 4.62. The molecule has 0 N–H and O–H groups in total. The van der Waals surface area contributed by atoms with Gasteiger partial charge in [-0.05, 0) is 33.8 Å². The fraction of sp³-hybridized carbons (Fsp3) is 0.182. The third-order valence-electron chi connectivity index (χ3n) is 2.01. The van der Waals surface area contributed by atoms with Gasteiger partial charge < -0.3 is 4.42 Å². The van der Waals surface area contributed by atoms with Crippen LogP contribution in [0.25, 0.3) is 11.0 Å². The first-order valence-corrected chi connectivity index (χ1v) is 6.45. The maximum Gasteiger partial charge on any atom is 0.194 e. The molecule has 1 aromatic carbocycles. The summed E-state index contributed by atoms with van der Waals surface area (Å²) in [4.78, 5) is 11.7. The highest BCUT2D eigenvalue weighted by Gasteiger charge is 2.09. The lowest BCUT2D eigenvalue weighted by molar-refractivity contribution is 0.497. The normalized spacial score (nSPS) is 10.9. The van der Waals surface area contributed by atoms with Gasteiger partial charge in [-0.3, -0.25) is 4.79 Å². The number of benzene rings is 1. The first-order chi connectivity index (χ1) is 7.61. The number of thioether (sulfide) groups is 1. The van der Waals surface area contributed by atoms with Crippen molar-refractivity contribution in [2.75, 3.05) is 5.75 Å². The third kappa shape index (κ3) is 2.15. The van der Waals surface area contributed by atoms with E-state index in [2.05, 4.69) is 15.9 Å². The molecule has 5 heteroatoms. The summed E-state index contributed by atoms with van der Waals surface area (Å²) in [6.07, 6.45) is 0. The van der Waals surface area contributed by atoms with E-state index in [0.29, 0.717) is 15.1 Å². The van der Waals surface area contributed by atoms with E-state index in [1.165, 1.54) is 30.0 Å². The fourth-order valence-electron chi connectivity index (χ4n) is 1.38. The Labute approximate surface area is 104 Å². The highest BCUT2D eigenvalue weighted by Crippen LogP contribution is 2.27. The zero-order valence-corrected chi connectivity index (χ0v) is 10.8. The van der Waals surface area contributed by atoms with E-state index in [4.69, 9.17) is 4.42 Å². The molecule has 16 heavy (non-hydrogen) atoms. The second-order valence-corrected chi connectivity index (χ2v) is 5.25.